The number of halogens is 1. The van der Waals surface area contributed by atoms with Crippen molar-refractivity contribution in [2.45, 2.75) is 38.7 Å². The fourth-order valence-electron chi connectivity index (χ4n) is 4.53. The number of carbonyl (C=O) groups excluding carboxylic acids is 2. The number of ether oxygens (including phenoxy) is 1. The van der Waals surface area contributed by atoms with Gasteiger partial charge < -0.3 is 10.1 Å². The summed E-state index contributed by atoms with van der Waals surface area (Å²) in [4.78, 5) is 31.3. The normalized spacial score (nSPS) is 17.9. The topological polar surface area (TPSA) is 68.3 Å². The molecule has 1 atom stereocenters. The summed E-state index contributed by atoms with van der Waals surface area (Å²) in [5.41, 5.74) is 5.02. The quantitative estimate of drug-likeness (QED) is 0.433. The molecule has 2 aromatic carbocycles. The van der Waals surface area contributed by atoms with Crippen molar-refractivity contribution in [3.05, 3.63) is 98.8 Å². The number of aromatic nitrogens is 1. The molecule has 34 heavy (non-hydrogen) atoms. The molecule has 1 aromatic heterocycles. The summed E-state index contributed by atoms with van der Waals surface area (Å²) in [7, 11) is 0. The van der Waals surface area contributed by atoms with Crippen molar-refractivity contribution in [1.29, 1.82) is 0 Å². The number of rotatable bonds is 5. The maximum absolute atomic E-state index is 13.4. The van der Waals surface area contributed by atoms with Crippen LogP contribution in [-0.2, 0) is 20.9 Å². The third-order valence-corrected chi connectivity index (χ3v) is 7.35. The van der Waals surface area contributed by atoms with Gasteiger partial charge in [0.05, 0.1) is 22.2 Å². The summed E-state index contributed by atoms with van der Waals surface area (Å²) in [5.74, 6) is -0.970. The Morgan fingerprint density at radius 2 is 1.91 bits per heavy atom. The number of dihydropyridines is 1. The molecule has 0 amide bonds. The Hall–Kier alpha value is -3.22. The Bertz CT molecular complexity index is 1330. The predicted molar refractivity (Wildman–Crippen MR) is 133 cm³/mol. The average Bonchev–Trinajstić information content (AvgIpc) is 3.32. The van der Waals surface area contributed by atoms with Gasteiger partial charge in [0.2, 0.25) is 0 Å². The summed E-state index contributed by atoms with van der Waals surface area (Å²) < 4.78 is 5.70. The molecule has 1 aliphatic heterocycles. The Labute approximate surface area is 207 Å². The van der Waals surface area contributed by atoms with Crippen molar-refractivity contribution in [2.24, 2.45) is 0 Å². The van der Waals surface area contributed by atoms with Gasteiger partial charge in [-0.2, -0.15) is 0 Å². The molecule has 0 saturated heterocycles. The van der Waals surface area contributed by atoms with Crippen LogP contribution in [0.15, 0.2) is 82.5 Å². The highest BCUT2D eigenvalue weighted by Crippen LogP contribution is 2.44. The monoisotopic (exact) mass is 490 g/mol. The maximum Gasteiger partial charge on any atom is 0.337 e. The zero-order valence-corrected chi connectivity index (χ0v) is 20.2. The predicted octanol–water partition coefficient (Wildman–Crippen LogP) is 6.17. The van der Waals surface area contributed by atoms with E-state index in [1.54, 1.807) is 0 Å². The van der Waals surface area contributed by atoms with Crippen LogP contribution in [0, 0.1) is 0 Å². The van der Waals surface area contributed by atoms with Crippen LogP contribution in [0.1, 0.15) is 43.4 Å². The van der Waals surface area contributed by atoms with Crippen molar-refractivity contribution in [3.8, 4) is 10.6 Å². The number of carbonyl (C=O) groups is 2. The summed E-state index contributed by atoms with van der Waals surface area (Å²) in [6, 6.07) is 17.1. The molecular weight excluding hydrogens is 468 g/mol. The second-order valence-electron chi connectivity index (χ2n) is 8.38. The van der Waals surface area contributed by atoms with E-state index in [9.17, 15) is 9.59 Å². The Morgan fingerprint density at radius 3 is 2.71 bits per heavy atom. The number of Topliss-reactive ketones (excluding diaryl/α,β-unsaturated/α-hetero) is 1. The maximum atomic E-state index is 13.4. The molecule has 7 heteroatoms. The second-order valence-corrected chi connectivity index (χ2v) is 9.65. The van der Waals surface area contributed by atoms with Crippen LogP contribution in [0.25, 0.3) is 10.6 Å². The fourth-order valence-corrected chi connectivity index (χ4v) is 5.69. The molecule has 0 spiro atoms. The largest absolute Gasteiger partial charge is 0.457 e. The highest BCUT2D eigenvalue weighted by atomic mass is 35.5. The standard InChI is InChI=1S/C27H23ClN2O3S/c1-16-23(27(32)33-14-17-8-3-2-4-9-17)25(24-20(29-16)12-7-13-22(24)31)21-15-34-26(30-21)18-10-5-6-11-19(18)28/h2-6,8-11,15,25,29H,7,12-14H2,1H3. The lowest BCUT2D eigenvalue weighted by Crippen LogP contribution is -2.34. The smallest absolute Gasteiger partial charge is 0.337 e. The first-order valence-electron chi connectivity index (χ1n) is 11.2. The third-order valence-electron chi connectivity index (χ3n) is 6.13. The lowest BCUT2D eigenvalue weighted by Gasteiger charge is -2.33. The van der Waals surface area contributed by atoms with Crippen LogP contribution >= 0.6 is 22.9 Å². The zero-order chi connectivity index (χ0) is 23.7. The van der Waals surface area contributed by atoms with Gasteiger partial charge in [-0.15, -0.1) is 11.3 Å². The van der Waals surface area contributed by atoms with Gasteiger partial charge >= 0.3 is 5.97 Å². The molecule has 2 aliphatic rings. The van der Waals surface area contributed by atoms with E-state index < -0.39 is 11.9 Å². The molecule has 0 bridgehead atoms. The molecule has 2 heterocycles. The number of hydrogen-bond acceptors (Lipinski definition) is 6. The van der Waals surface area contributed by atoms with E-state index in [1.807, 2.05) is 66.9 Å². The van der Waals surface area contributed by atoms with Crippen LogP contribution < -0.4 is 5.32 Å². The number of allylic oxidation sites excluding steroid dienone is 3. The van der Waals surface area contributed by atoms with E-state index in [0.29, 0.717) is 34.0 Å². The van der Waals surface area contributed by atoms with Gasteiger partial charge in [-0.3, -0.25) is 4.79 Å². The van der Waals surface area contributed by atoms with Crippen molar-refractivity contribution in [1.82, 2.24) is 10.3 Å². The molecule has 172 valence electrons. The minimum Gasteiger partial charge on any atom is -0.457 e. The number of nitrogens with one attached hydrogen (secondary N) is 1. The first kappa shape index (κ1) is 22.6. The van der Waals surface area contributed by atoms with Gasteiger partial charge in [-0.1, -0.05) is 60.1 Å². The van der Waals surface area contributed by atoms with Gasteiger partial charge in [0.1, 0.15) is 11.6 Å². The van der Waals surface area contributed by atoms with Crippen molar-refractivity contribution in [2.75, 3.05) is 0 Å². The van der Waals surface area contributed by atoms with Gasteiger partial charge in [-0.25, -0.2) is 9.78 Å². The van der Waals surface area contributed by atoms with Crippen LogP contribution in [0.5, 0.6) is 0 Å². The van der Waals surface area contributed by atoms with E-state index >= 15 is 0 Å². The molecule has 5 rings (SSSR count). The number of hydrogen-bond donors (Lipinski definition) is 1. The van der Waals surface area contributed by atoms with Gasteiger partial charge in [0.15, 0.2) is 5.78 Å². The highest BCUT2D eigenvalue weighted by molar-refractivity contribution is 7.13. The SMILES string of the molecule is CC1=C(C(=O)OCc2ccccc2)C(c2csc(-c3ccccc3Cl)n2)C2=C(CCCC2=O)N1. The van der Waals surface area contributed by atoms with E-state index in [-0.39, 0.29) is 12.4 Å². The van der Waals surface area contributed by atoms with Crippen molar-refractivity contribution >= 4 is 34.7 Å². The minimum atomic E-state index is -0.570. The highest BCUT2D eigenvalue weighted by Gasteiger charge is 2.40. The van der Waals surface area contributed by atoms with E-state index in [4.69, 9.17) is 21.3 Å². The molecule has 1 aliphatic carbocycles. The molecule has 1 unspecified atom stereocenters. The Kier molecular flexibility index (Phi) is 6.35. The van der Waals surface area contributed by atoms with Gasteiger partial charge in [-0.05, 0) is 31.4 Å². The van der Waals surface area contributed by atoms with Crippen LogP contribution in [0.4, 0.5) is 0 Å². The zero-order valence-electron chi connectivity index (χ0n) is 18.6. The van der Waals surface area contributed by atoms with Crippen LogP contribution in [0.3, 0.4) is 0 Å². The molecule has 0 radical (unpaired) electrons. The third kappa shape index (κ3) is 4.31. The number of ketones is 1. The summed E-state index contributed by atoms with van der Waals surface area (Å²) in [6.45, 7) is 2.02. The van der Waals surface area contributed by atoms with Crippen molar-refractivity contribution in [3.63, 3.8) is 0 Å². The van der Waals surface area contributed by atoms with Gasteiger partial charge in [0, 0.05) is 34.3 Å². The second kappa shape index (κ2) is 9.57. The number of thiazole rings is 1. The van der Waals surface area contributed by atoms with E-state index in [1.165, 1.54) is 11.3 Å². The van der Waals surface area contributed by atoms with Crippen LogP contribution in [-0.4, -0.2) is 16.7 Å². The molecule has 3 aromatic rings. The number of nitrogens with zero attached hydrogens (tertiary/aromatic N) is 1. The number of esters is 1. The van der Waals surface area contributed by atoms with E-state index in [2.05, 4.69) is 5.32 Å². The lowest BCUT2D eigenvalue weighted by atomic mass is 9.77. The molecule has 5 nitrogen and oxygen atoms in total. The summed E-state index contributed by atoms with van der Waals surface area (Å²) in [6.07, 6.45) is 2.02. The Balaban J connectivity index is 1.53. The lowest BCUT2D eigenvalue weighted by molar-refractivity contribution is -0.140. The van der Waals surface area contributed by atoms with Gasteiger partial charge in [0.25, 0.3) is 0 Å². The molecule has 1 N–H and O–H groups in total. The minimum absolute atomic E-state index is 0.0481. The first-order valence-corrected chi connectivity index (χ1v) is 12.4. The summed E-state index contributed by atoms with van der Waals surface area (Å²) >= 11 is 7.85. The fraction of sp³-hybridized carbons (Fsp3) is 0.222. The molecule has 0 fully saturated rings. The molecule has 0 saturated carbocycles. The Morgan fingerprint density at radius 1 is 1.15 bits per heavy atom. The van der Waals surface area contributed by atoms with Crippen molar-refractivity contribution < 1.29 is 14.3 Å². The summed E-state index contributed by atoms with van der Waals surface area (Å²) in [5, 5.41) is 6.59. The van der Waals surface area contributed by atoms with E-state index in [0.717, 1.165) is 34.7 Å². The average molecular weight is 491 g/mol. The first-order chi connectivity index (χ1) is 16.5. The van der Waals surface area contributed by atoms with Crippen LogP contribution in [0.2, 0.25) is 5.02 Å². The number of benzene rings is 2. The molecular formula is C27H23ClN2O3S.